The van der Waals surface area contributed by atoms with Crippen LogP contribution in [0.5, 0.6) is 0 Å². The van der Waals surface area contributed by atoms with Gasteiger partial charge in [-0.2, -0.15) is 0 Å². The van der Waals surface area contributed by atoms with Crippen LogP contribution in [0.3, 0.4) is 0 Å². The summed E-state index contributed by atoms with van der Waals surface area (Å²) in [5, 5.41) is 2.66. The fourth-order valence-electron chi connectivity index (χ4n) is 3.70. The first-order valence-corrected chi connectivity index (χ1v) is 9.54. The van der Waals surface area contributed by atoms with Gasteiger partial charge in [0.25, 0.3) is 5.91 Å². The molecule has 1 atom stereocenters. The number of benzene rings is 1. The number of piperazine rings is 1. The zero-order valence-electron chi connectivity index (χ0n) is 16.3. The smallest absolute Gasteiger partial charge is 0.325 e. The number of imide groups is 1. The predicted octanol–water partition coefficient (Wildman–Crippen LogP) is 1.44. The van der Waals surface area contributed by atoms with Gasteiger partial charge in [0.1, 0.15) is 11.6 Å². The third-order valence-corrected chi connectivity index (χ3v) is 5.31. The van der Waals surface area contributed by atoms with Crippen molar-refractivity contribution in [1.29, 1.82) is 0 Å². The number of hydrogen-bond donors (Lipinski definition) is 1. The normalized spacial score (nSPS) is 21.3. The van der Waals surface area contributed by atoms with Gasteiger partial charge in [-0.3, -0.25) is 14.5 Å². The van der Waals surface area contributed by atoms with Crippen molar-refractivity contribution in [2.24, 2.45) is 0 Å². The van der Waals surface area contributed by atoms with Crippen molar-refractivity contribution >= 4 is 17.8 Å². The Labute approximate surface area is 160 Å². The second-order valence-corrected chi connectivity index (χ2v) is 7.74. The molecule has 3 rings (SSSR count). The molecular formula is C20H28N4O3. The van der Waals surface area contributed by atoms with Gasteiger partial charge in [-0.25, -0.2) is 9.69 Å². The summed E-state index contributed by atoms with van der Waals surface area (Å²) < 4.78 is 0. The Balaban J connectivity index is 1.61. The molecular weight excluding hydrogens is 344 g/mol. The van der Waals surface area contributed by atoms with Crippen LogP contribution in [-0.4, -0.2) is 70.3 Å². The van der Waals surface area contributed by atoms with Crippen molar-refractivity contribution in [3.05, 3.63) is 35.9 Å². The monoisotopic (exact) mass is 372 g/mol. The Morgan fingerprint density at radius 2 is 1.74 bits per heavy atom. The Morgan fingerprint density at radius 1 is 1.11 bits per heavy atom. The molecule has 0 aromatic heterocycles. The lowest BCUT2D eigenvalue weighted by Gasteiger charge is -2.37. The topological polar surface area (TPSA) is 73.0 Å². The van der Waals surface area contributed by atoms with Crippen LogP contribution in [0.2, 0.25) is 0 Å². The number of hydrogen-bond acceptors (Lipinski definition) is 4. The van der Waals surface area contributed by atoms with Crippen LogP contribution < -0.4 is 5.32 Å². The first kappa shape index (κ1) is 19.4. The van der Waals surface area contributed by atoms with Crippen molar-refractivity contribution < 1.29 is 14.4 Å². The molecule has 7 nitrogen and oxygen atoms in total. The van der Waals surface area contributed by atoms with E-state index >= 15 is 0 Å². The first-order chi connectivity index (χ1) is 12.8. The molecule has 1 N–H and O–H groups in total. The number of carbonyl (C=O) groups excluding carboxylic acids is 3. The summed E-state index contributed by atoms with van der Waals surface area (Å²) in [6, 6.07) is 9.05. The molecule has 0 aliphatic carbocycles. The van der Waals surface area contributed by atoms with Gasteiger partial charge < -0.3 is 10.2 Å². The molecule has 2 heterocycles. The molecule has 4 amide bonds. The van der Waals surface area contributed by atoms with Gasteiger partial charge in [-0.05, 0) is 25.8 Å². The van der Waals surface area contributed by atoms with Gasteiger partial charge in [0, 0.05) is 32.7 Å². The summed E-state index contributed by atoms with van der Waals surface area (Å²) in [7, 11) is 0. The summed E-state index contributed by atoms with van der Waals surface area (Å²) in [6.07, 6.45) is 0.415. The minimum absolute atomic E-state index is 0.141. The highest BCUT2D eigenvalue weighted by Gasteiger charge is 2.49. The number of nitrogens with zero attached hydrogens (tertiary/aromatic N) is 3. The molecule has 27 heavy (non-hydrogen) atoms. The van der Waals surface area contributed by atoms with Crippen molar-refractivity contribution in [1.82, 2.24) is 20.0 Å². The van der Waals surface area contributed by atoms with E-state index in [4.69, 9.17) is 0 Å². The maximum absolute atomic E-state index is 13.0. The van der Waals surface area contributed by atoms with E-state index < -0.39 is 17.6 Å². The van der Waals surface area contributed by atoms with Crippen molar-refractivity contribution in [3.8, 4) is 0 Å². The van der Waals surface area contributed by atoms with Crippen LogP contribution in [0.25, 0.3) is 0 Å². The second kappa shape index (κ2) is 7.68. The molecule has 1 aromatic carbocycles. The Kier molecular flexibility index (Phi) is 5.51. The molecule has 2 aliphatic heterocycles. The van der Waals surface area contributed by atoms with Crippen LogP contribution in [0.1, 0.15) is 32.8 Å². The maximum atomic E-state index is 13.0. The Hall–Kier alpha value is -2.41. The minimum atomic E-state index is -0.959. The number of carbonyl (C=O) groups is 3. The van der Waals surface area contributed by atoms with E-state index in [9.17, 15) is 14.4 Å². The van der Waals surface area contributed by atoms with Gasteiger partial charge in [0.05, 0.1) is 0 Å². The molecule has 2 aliphatic rings. The highest BCUT2D eigenvalue weighted by molar-refractivity contribution is 6.09. The number of urea groups is 1. The average Bonchev–Trinajstić information content (AvgIpc) is 2.85. The molecule has 1 aromatic rings. The third kappa shape index (κ3) is 3.98. The molecule has 0 bridgehead atoms. The molecule has 1 unspecified atom stereocenters. The third-order valence-electron chi connectivity index (χ3n) is 5.31. The van der Waals surface area contributed by atoms with Crippen molar-refractivity contribution in [2.45, 2.75) is 45.3 Å². The van der Waals surface area contributed by atoms with E-state index in [0.29, 0.717) is 19.5 Å². The fraction of sp³-hybridized carbons (Fsp3) is 0.550. The average molecular weight is 372 g/mol. The van der Waals surface area contributed by atoms with Crippen LogP contribution in [0, 0.1) is 0 Å². The van der Waals surface area contributed by atoms with Crippen LogP contribution in [0.15, 0.2) is 30.3 Å². The second-order valence-electron chi connectivity index (χ2n) is 7.74. The molecule has 2 fully saturated rings. The number of amides is 4. The zero-order chi connectivity index (χ0) is 19.6. The lowest BCUT2D eigenvalue weighted by molar-refractivity contribution is -0.144. The zero-order valence-corrected chi connectivity index (χ0v) is 16.3. The minimum Gasteiger partial charge on any atom is -0.338 e. The summed E-state index contributed by atoms with van der Waals surface area (Å²) in [6.45, 7) is 8.79. The van der Waals surface area contributed by atoms with Gasteiger partial charge in [-0.15, -0.1) is 0 Å². The van der Waals surface area contributed by atoms with Crippen LogP contribution in [-0.2, 0) is 16.1 Å². The van der Waals surface area contributed by atoms with Crippen LogP contribution in [0.4, 0.5) is 4.79 Å². The van der Waals surface area contributed by atoms with E-state index in [1.165, 1.54) is 5.56 Å². The maximum Gasteiger partial charge on any atom is 0.325 e. The van der Waals surface area contributed by atoms with E-state index in [0.717, 1.165) is 24.5 Å². The highest BCUT2D eigenvalue weighted by atomic mass is 16.2. The van der Waals surface area contributed by atoms with E-state index in [-0.39, 0.29) is 11.8 Å². The summed E-state index contributed by atoms with van der Waals surface area (Å²) in [5.41, 5.74) is 0.296. The Bertz CT molecular complexity index is 711. The number of rotatable bonds is 5. The summed E-state index contributed by atoms with van der Waals surface area (Å²) in [5.74, 6) is -0.478. The van der Waals surface area contributed by atoms with Gasteiger partial charge in [-0.1, -0.05) is 37.3 Å². The van der Waals surface area contributed by atoms with E-state index in [1.54, 1.807) is 18.7 Å². The van der Waals surface area contributed by atoms with E-state index in [2.05, 4.69) is 22.3 Å². The largest absolute Gasteiger partial charge is 0.338 e. The highest BCUT2D eigenvalue weighted by Crippen LogP contribution is 2.22. The molecule has 0 saturated carbocycles. The number of nitrogens with one attached hydrogen (secondary N) is 1. The van der Waals surface area contributed by atoms with Gasteiger partial charge in [0.2, 0.25) is 5.91 Å². The molecule has 0 spiro atoms. The molecule has 7 heteroatoms. The molecule has 0 radical (unpaired) electrons. The van der Waals surface area contributed by atoms with Crippen LogP contribution >= 0.6 is 0 Å². The predicted molar refractivity (Wildman–Crippen MR) is 102 cm³/mol. The summed E-state index contributed by atoms with van der Waals surface area (Å²) >= 11 is 0. The standard InChI is InChI=1S/C20H28N4O3/c1-4-16(24-18(26)20(2,3)21-19(24)27)17(25)23-12-10-22(11-13-23)14-15-8-6-5-7-9-15/h5-9,16H,4,10-14H2,1-3H3,(H,21,27). The van der Waals surface area contributed by atoms with Crippen molar-refractivity contribution in [2.75, 3.05) is 26.2 Å². The SMILES string of the molecule is CCC(C(=O)N1CCN(Cc2ccccc2)CC1)N1C(=O)NC(C)(C)C1=O. The summed E-state index contributed by atoms with van der Waals surface area (Å²) in [4.78, 5) is 43.0. The first-order valence-electron chi connectivity index (χ1n) is 9.54. The van der Waals surface area contributed by atoms with Crippen molar-refractivity contribution in [3.63, 3.8) is 0 Å². The fourth-order valence-corrected chi connectivity index (χ4v) is 3.70. The van der Waals surface area contributed by atoms with Gasteiger partial charge in [0.15, 0.2) is 0 Å². The Morgan fingerprint density at radius 3 is 2.26 bits per heavy atom. The van der Waals surface area contributed by atoms with E-state index in [1.807, 2.05) is 25.1 Å². The lowest BCUT2D eigenvalue weighted by Crippen LogP contribution is -2.56. The van der Waals surface area contributed by atoms with Gasteiger partial charge >= 0.3 is 6.03 Å². The lowest BCUT2D eigenvalue weighted by atomic mass is 10.0. The molecule has 2 saturated heterocycles. The molecule has 146 valence electrons. The quantitative estimate of drug-likeness (QED) is 0.794.